The summed E-state index contributed by atoms with van der Waals surface area (Å²) in [5.41, 5.74) is 10.5. The van der Waals surface area contributed by atoms with Crippen molar-refractivity contribution in [2.75, 3.05) is 0 Å². The van der Waals surface area contributed by atoms with Gasteiger partial charge in [0.15, 0.2) is 5.82 Å². The van der Waals surface area contributed by atoms with E-state index in [0.717, 1.165) is 22.5 Å². The predicted octanol–water partition coefficient (Wildman–Crippen LogP) is 11.1. The van der Waals surface area contributed by atoms with Gasteiger partial charge in [-0.05, 0) is 66.6 Å². The Bertz CT molecular complexity index is 2220. The van der Waals surface area contributed by atoms with Crippen LogP contribution >= 0.6 is 0 Å². The van der Waals surface area contributed by atoms with Crippen molar-refractivity contribution in [1.82, 2.24) is 9.97 Å². The minimum atomic E-state index is 0.735. The molecule has 0 N–H and O–H groups in total. The molecule has 2 heteroatoms. The molecule has 44 heavy (non-hydrogen) atoms. The lowest BCUT2D eigenvalue weighted by molar-refractivity contribution is 1.18. The van der Waals surface area contributed by atoms with Crippen LogP contribution in [0.15, 0.2) is 170 Å². The van der Waals surface area contributed by atoms with Crippen LogP contribution in [-0.4, -0.2) is 9.97 Å². The summed E-state index contributed by atoms with van der Waals surface area (Å²) in [5.74, 6) is 0.735. The average Bonchev–Trinajstić information content (AvgIpc) is 3.11. The Balaban J connectivity index is 1.26. The van der Waals surface area contributed by atoms with Crippen molar-refractivity contribution in [2.45, 2.75) is 0 Å². The molecular weight excluding hydrogens is 532 g/mol. The highest BCUT2D eigenvalue weighted by atomic mass is 14.9. The zero-order valence-electron chi connectivity index (χ0n) is 24.1. The molecule has 0 aliphatic carbocycles. The summed E-state index contributed by atoms with van der Waals surface area (Å²) < 4.78 is 0. The maximum absolute atomic E-state index is 4.63. The third-order valence-electron chi connectivity index (χ3n) is 8.38. The van der Waals surface area contributed by atoms with Crippen LogP contribution in [0.25, 0.3) is 77.4 Å². The summed E-state index contributed by atoms with van der Waals surface area (Å²) in [6.45, 7) is 0. The number of fused-ring (bicyclic) bond motifs is 2. The van der Waals surface area contributed by atoms with Gasteiger partial charge in [-0.2, -0.15) is 0 Å². The van der Waals surface area contributed by atoms with Gasteiger partial charge in [0.1, 0.15) is 0 Å². The first-order valence-electron chi connectivity index (χ1n) is 14.9. The van der Waals surface area contributed by atoms with Gasteiger partial charge < -0.3 is 0 Å². The maximum atomic E-state index is 4.63. The third-order valence-corrected chi connectivity index (χ3v) is 8.38. The summed E-state index contributed by atoms with van der Waals surface area (Å²) in [5, 5.41) is 5.03. The van der Waals surface area contributed by atoms with Crippen molar-refractivity contribution in [3.8, 4) is 55.9 Å². The summed E-state index contributed by atoms with van der Waals surface area (Å²) in [6.07, 6.45) is 3.81. The fraction of sp³-hybridized carbons (Fsp3) is 0. The van der Waals surface area contributed by atoms with Crippen LogP contribution in [0, 0.1) is 0 Å². The highest BCUT2D eigenvalue weighted by Crippen LogP contribution is 2.44. The van der Waals surface area contributed by atoms with Crippen molar-refractivity contribution in [3.05, 3.63) is 170 Å². The van der Waals surface area contributed by atoms with Crippen molar-refractivity contribution in [1.29, 1.82) is 0 Å². The molecule has 0 saturated carbocycles. The van der Waals surface area contributed by atoms with E-state index in [9.17, 15) is 0 Å². The van der Waals surface area contributed by atoms with E-state index in [1.54, 1.807) is 0 Å². The summed E-state index contributed by atoms with van der Waals surface area (Å²) in [7, 11) is 0. The monoisotopic (exact) mass is 560 g/mol. The fourth-order valence-electron chi connectivity index (χ4n) is 6.26. The van der Waals surface area contributed by atoms with E-state index < -0.39 is 0 Å². The van der Waals surface area contributed by atoms with E-state index >= 15 is 0 Å². The van der Waals surface area contributed by atoms with Gasteiger partial charge in [0.05, 0.1) is 0 Å². The first kappa shape index (κ1) is 25.8. The first-order chi connectivity index (χ1) is 21.8. The summed E-state index contributed by atoms with van der Waals surface area (Å²) in [6, 6.07) is 56.0. The van der Waals surface area contributed by atoms with Crippen LogP contribution in [0.5, 0.6) is 0 Å². The zero-order chi connectivity index (χ0) is 29.3. The molecule has 1 heterocycles. The molecule has 0 spiro atoms. The van der Waals surface area contributed by atoms with Crippen LogP contribution in [-0.2, 0) is 0 Å². The van der Waals surface area contributed by atoms with Crippen LogP contribution < -0.4 is 0 Å². The van der Waals surface area contributed by atoms with Crippen LogP contribution in [0.2, 0.25) is 0 Å². The Morgan fingerprint density at radius 1 is 0.273 bits per heavy atom. The minimum absolute atomic E-state index is 0.735. The second kappa shape index (κ2) is 11.1. The normalized spacial score (nSPS) is 11.2. The highest BCUT2D eigenvalue weighted by molar-refractivity contribution is 6.21. The molecule has 0 radical (unpaired) electrons. The number of aromatic nitrogens is 2. The van der Waals surface area contributed by atoms with Gasteiger partial charge in [-0.15, -0.1) is 0 Å². The van der Waals surface area contributed by atoms with E-state index in [4.69, 9.17) is 0 Å². The molecule has 206 valence electrons. The van der Waals surface area contributed by atoms with Crippen LogP contribution in [0.1, 0.15) is 0 Å². The lowest BCUT2D eigenvalue weighted by Crippen LogP contribution is -1.92. The molecule has 0 saturated heterocycles. The maximum Gasteiger partial charge on any atom is 0.159 e. The van der Waals surface area contributed by atoms with Gasteiger partial charge in [-0.25, -0.2) is 9.97 Å². The van der Waals surface area contributed by atoms with Crippen molar-refractivity contribution < 1.29 is 0 Å². The number of benzene rings is 7. The SMILES string of the molecule is c1ccc(-c2ncc(-c3ccc(-c4ccc5c(-c6ccccc6)c6ccccc6c(-c6ccccc6)c5c4)cc3)cn2)cc1. The molecule has 8 aromatic rings. The molecule has 7 aromatic carbocycles. The lowest BCUT2D eigenvalue weighted by Gasteiger charge is -2.18. The molecule has 0 amide bonds. The first-order valence-corrected chi connectivity index (χ1v) is 14.9. The second-order valence-corrected chi connectivity index (χ2v) is 11.0. The topological polar surface area (TPSA) is 25.8 Å². The summed E-state index contributed by atoms with van der Waals surface area (Å²) in [4.78, 5) is 9.25. The molecular formula is C42H28N2. The number of nitrogens with zero attached hydrogens (tertiary/aromatic N) is 2. The molecule has 0 aliphatic heterocycles. The highest BCUT2D eigenvalue weighted by Gasteiger charge is 2.17. The smallest absolute Gasteiger partial charge is 0.159 e. The Hall–Kier alpha value is -5.86. The Kier molecular flexibility index (Phi) is 6.51. The molecule has 1 aromatic heterocycles. The molecule has 0 fully saturated rings. The molecule has 0 atom stereocenters. The van der Waals surface area contributed by atoms with E-state index in [0.29, 0.717) is 0 Å². The van der Waals surface area contributed by atoms with Gasteiger partial charge in [-0.3, -0.25) is 0 Å². The van der Waals surface area contributed by atoms with Crippen LogP contribution in [0.3, 0.4) is 0 Å². The average molecular weight is 561 g/mol. The van der Waals surface area contributed by atoms with Crippen LogP contribution in [0.4, 0.5) is 0 Å². The van der Waals surface area contributed by atoms with E-state index in [1.165, 1.54) is 54.9 Å². The minimum Gasteiger partial charge on any atom is -0.236 e. The van der Waals surface area contributed by atoms with Gasteiger partial charge in [0, 0.05) is 23.5 Å². The Labute approximate surface area is 257 Å². The largest absolute Gasteiger partial charge is 0.236 e. The lowest BCUT2D eigenvalue weighted by atomic mass is 9.85. The fourth-order valence-corrected chi connectivity index (χ4v) is 6.26. The van der Waals surface area contributed by atoms with Gasteiger partial charge >= 0.3 is 0 Å². The second-order valence-electron chi connectivity index (χ2n) is 11.0. The third kappa shape index (κ3) is 4.63. The number of hydrogen-bond acceptors (Lipinski definition) is 2. The quantitative estimate of drug-likeness (QED) is 0.196. The van der Waals surface area contributed by atoms with E-state index in [-0.39, 0.29) is 0 Å². The Morgan fingerprint density at radius 2 is 0.682 bits per heavy atom. The van der Waals surface area contributed by atoms with Crippen molar-refractivity contribution in [3.63, 3.8) is 0 Å². The Morgan fingerprint density at radius 3 is 1.23 bits per heavy atom. The molecule has 2 nitrogen and oxygen atoms in total. The van der Waals surface area contributed by atoms with Crippen molar-refractivity contribution >= 4 is 21.5 Å². The van der Waals surface area contributed by atoms with E-state index in [1.807, 2.05) is 42.7 Å². The molecule has 8 rings (SSSR count). The zero-order valence-corrected chi connectivity index (χ0v) is 24.1. The van der Waals surface area contributed by atoms with Gasteiger partial charge in [-0.1, -0.05) is 152 Å². The molecule has 0 unspecified atom stereocenters. The number of hydrogen-bond donors (Lipinski definition) is 0. The van der Waals surface area contributed by atoms with E-state index in [2.05, 4.69) is 137 Å². The van der Waals surface area contributed by atoms with Gasteiger partial charge in [0.25, 0.3) is 0 Å². The van der Waals surface area contributed by atoms with Crippen molar-refractivity contribution in [2.24, 2.45) is 0 Å². The summed E-state index contributed by atoms with van der Waals surface area (Å²) >= 11 is 0. The standard InChI is InChI=1S/C42H28N2/c1-4-12-31(13-5-1)40-36-18-10-11-19-37(36)41(32-14-6-2-7-15-32)39-26-34(24-25-38(39)40)29-20-22-30(23-21-29)35-27-43-42(44-28-35)33-16-8-3-9-17-33/h1-28H. The van der Waals surface area contributed by atoms with Gasteiger partial charge in [0.2, 0.25) is 0 Å². The number of rotatable bonds is 5. The molecule has 0 bridgehead atoms. The predicted molar refractivity (Wildman–Crippen MR) is 184 cm³/mol. The molecule has 0 aliphatic rings.